The lowest BCUT2D eigenvalue weighted by molar-refractivity contribution is -0.145. The molecule has 0 atom stereocenters. The molecular weight excluding hydrogens is 282 g/mol. The van der Waals surface area contributed by atoms with Crippen molar-refractivity contribution in [3.8, 4) is 0 Å². The van der Waals surface area contributed by atoms with E-state index >= 15 is 0 Å². The van der Waals surface area contributed by atoms with E-state index < -0.39 is 21.5 Å². The Hall–Kier alpha value is -1.41. The Bertz CT molecular complexity index is 560. The molecule has 1 aromatic heterocycles. The number of H-pyrrole nitrogens is 1. The van der Waals surface area contributed by atoms with E-state index in [0.717, 1.165) is 25.5 Å². The fourth-order valence-corrected chi connectivity index (χ4v) is 3.96. The molecule has 2 rings (SSSR count). The molecule has 0 spiro atoms. The van der Waals surface area contributed by atoms with Gasteiger partial charge in [0.15, 0.2) is 0 Å². The quantitative estimate of drug-likeness (QED) is 0.754. The summed E-state index contributed by atoms with van der Waals surface area (Å²) in [6.07, 6.45) is 5.46. The standard InChI is InChI=1S/C12H19N3O4S/c1-2-9-3-5-12(6-4-9,11(16)17)15-20(18,19)10-7-13-14-8-10/h7-9,15H,2-6H2,1H3,(H,13,14)(H,16,17). The number of aromatic amines is 1. The van der Waals surface area contributed by atoms with Gasteiger partial charge in [0.1, 0.15) is 10.4 Å². The number of nitrogens with zero attached hydrogens (tertiary/aromatic N) is 1. The summed E-state index contributed by atoms with van der Waals surface area (Å²) >= 11 is 0. The lowest BCUT2D eigenvalue weighted by Gasteiger charge is -2.36. The number of carbonyl (C=O) groups is 1. The lowest BCUT2D eigenvalue weighted by Crippen LogP contribution is -2.56. The first-order valence-corrected chi connectivity index (χ1v) is 8.14. The van der Waals surface area contributed by atoms with Gasteiger partial charge in [-0.25, -0.2) is 8.42 Å². The molecule has 1 aliphatic carbocycles. The minimum absolute atomic E-state index is 0.0456. The first-order chi connectivity index (χ1) is 9.39. The van der Waals surface area contributed by atoms with E-state index in [1.165, 1.54) is 6.20 Å². The highest BCUT2D eigenvalue weighted by Gasteiger charge is 2.45. The lowest BCUT2D eigenvalue weighted by atomic mass is 9.76. The molecule has 0 bridgehead atoms. The van der Waals surface area contributed by atoms with Gasteiger partial charge in [0, 0.05) is 6.20 Å². The third kappa shape index (κ3) is 2.85. The molecule has 0 aromatic carbocycles. The second-order valence-electron chi connectivity index (χ2n) is 5.28. The van der Waals surface area contributed by atoms with Gasteiger partial charge in [-0.1, -0.05) is 13.3 Å². The monoisotopic (exact) mass is 301 g/mol. The van der Waals surface area contributed by atoms with Gasteiger partial charge in [-0.2, -0.15) is 9.82 Å². The summed E-state index contributed by atoms with van der Waals surface area (Å²) in [5.74, 6) is -0.639. The number of hydrogen-bond acceptors (Lipinski definition) is 4. The van der Waals surface area contributed by atoms with Crippen LogP contribution in [0.1, 0.15) is 39.0 Å². The first-order valence-electron chi connectivity index (χ1n) is 6.66. The molecule has 112 valence electrons. The maximum Gasteiger partial charge on any atom is 0.324 e. The zero-order valence-corrected chi connectivity index (χ0v) is 12.1. The van der Waals surface area contributed by atoms with Crippen LogP contribution in [-0.2, 0) is 14.8 Å². The van der Waals surface area contributed by atoms with Crippen LogP contribution in [0.2, 0.25) is 0 Å². The topological polar surface area (TPSA) is 112 Å². The van der Waals surface area contributed by atoms with Crippen molar-refractivity contribution in [2.45, 2.75) is 49.5 Å². The molecular formula is C12H19N3O4S. The van der Waals surface area contributed by atoms with Crippen molar-refractivity contribution in [2.75, 3.05) is 0 Å². The number of aliphatic carboxylic acids is 1. The van der Waals surface area contributed by atoms with Crippen LogP contribution in [-0.4, -0.2) is 35.2 Å². The summed E-state index contributed by atoms with van der Waals surface area (Å²) in [5.41, 5.74) is -1.40. The van der Waals surface area contributed by atoms with Gasteiger partial charge in [0.2, 0.25) is 10.0 Å². The van der Waals surface area contributed by atoms with E-state index in [2.05, 4.69) is 21.8 Å². The van der Waals surface area contributed by atoms with Crippen LogP contribution in [0.15, 0.2) is 17.3 Å². The predicted octanol–water partition coefficient (Wildman–Crippen LogP) is 1.11. The van der Waals surface area contributed by atoms with Crippen molar-refractivity contribution in [2.24, 2.45) is 5.92 Å². The molecule has 0 saturated heterocycles. The molecule has 1 aliphatic rings. The average Bonchev–Trinajstić information content (AvgIpc) is 2.93. The molecule has 0 amide bonds. The highest BCUT2D eigenvalue weighted by Crippen LogP contribution is 2.35. The predicted molar refractivity (Wildman–Crippen MR) is 71.5 cm³/mol. The Morgan fingerprint density at radius 3 is 2.65 bits per heavy atom. The molecule has 1 saturated carbocycles. The van der Waals surface area contributed by atoms with Gasteiger partial charge in [-0.3, -0.25) is 9.89 Å². The fraction of sp³-hybridized carbons (Fsp3) is 0.667. The minimum atomic E-state index is -3.87. The largest absolute Gasteiger partial charge is 0.480 e. The molecule has 0 unspecified atom stereocenters. The minimum Gasteiger partial charge on any atom is -0.480 e. The van der Waals surface area contributed by atoms with Crippen LogP contribution in [0.4, 0.5) is 0 Å². The van der Waals surface area contributed by atoms with Gasteiger partial charge in [-0.05, 0) is 31.6 Å². The number of rotatable bonds is 5. The molecule has 3 N–H and O–H groups in total. The molecule has 1 fully saturated rings. The Morgan fingerprint density at radius 1 is 1.55 bits per heavy atom. The van der Waals surface area contributed by atoms with Crippen molar-refractivity contribution in [3.63, 3.8) is 0 Å². The van der Waals surface area contributed by atoms with E-state index in [0.29, 0.717) is 18.8 Å². The van der Waals surface area contributed by atoms with E-state index in [1.54, 1.807) is 0 Å². The van der Waals surface area contributed by atoms with Crippen molar-refractivity contribution < 1.29 is 18.3 Å². The molecule has 20 heavy (non-hydrogen) atoms. The van der Waals surface area contributed by atoms with Crippen LogP contribution < -0.4 is 4.72 Å². The van der Waals surface area contributed by atoms with Crippen LogP contribution in [0, 0.1) is 5.92 Å². The highest BCUT2D eigenvalue weighted by molar-refractivity contribution is 7.89. The summed E-state index contributed by atoms with van der Waals surface area (Å²) < 4.78 is 26.7. The maximum absolute atomic E-state index is 12.2. The van der Waals surface area contributed by atoms with E-state index in [1.807, 2.05) is 0 Å². The van der Waals surface area contributed by atoms with Crippen LogP contribution >= 0.6 is 0 Å². The molecule has 1 heterocycles. The van der Waals surface area contributed by atoms with Crippen LogP contribution in [0.25, 0.3) is 0 Å². The summed E-state index contributed by atoms with van der Waals surface area (Å²) in [7, 11) is -3.87. The normalized spacial score (nSPS) is 27.4. The van der Waals surface area contributed by atoms with E-state index in [-0.39, 0.29) is 4.90 Å². The molecule has 8 heteroatoms. The second kappa shape index (κ2) is 5.53. The van der Waals surface area contributed by atoms with Crippen LogP contribution in [0.5, 0.6) is 0 Å². The van der Waals surface area contributed by atoms with Crippen molar-refractivity contribution in [3.05, 3.63) is 12.4 Å². The zero-order valence-electron chi connectivity index (χ0n) is 11.3. The van der Waals surface area contributed by atoms with Gasteiger partial charge >= 0.3 is 5.97 Å². The number of aromatic nitrogens is 2. The Morgan fingerprint density at radius 2 is 2.20 bits per heavy atom. The Labute approximate surface area is 117 Å². The van der Waals surface area contributed by atoms with Crippen molar-refractivity contribution in [1.29, 1.82) is 0 Å². The average molecular weight is 301 g/mol. The maximum atomic E-state index is 12.2. The number of sulfonamides is 1. The first kappa shape index (κ1) is 15.0. The van der Waals surface area contributed by atoms with Gasteiger partial charge in [0.05, 0.1) is 6.20 Å². The third-order valence-corrected chi connectivity index (χ3v) is 5.56. The molecule has 7 nitrogen and oxygen atoms in total. The summed E-state index contributed by atoms with van der Waals surface area (Å²) in [5, 5.41) is 15.5. The highest BCUT2D eigenvalue weighted by atomic mass is 32.2. The number of nitrogens with one attached hydrogen (secondary N) is 2. The number of hydrogen-bond donors (Lipinski definition) is 3. The number of carboxylic acids is 1. The summed E-state index contributed by atoms with van der Waals surface area (Å²) in [6, 6.07) is 0. The van der Waals surface area contributed by atoms with E-state index in [4.69, 9.17) is 0 Å². The summed E-state index contributed by atoms with van der Waals surface area (Å²) in [4.78, 5) is 11.5. The summed E-state index contributed by atoms with van der Waals surface area (Å²) in [6.45, 7) is 2.06. The van der Waals surface area contributed by atoms with E-state index in [9.17, 15) is 18.3 Å². The van der Waals surface area contributed by atoms with Gasteiger partial charge in [0.25, 0.3) is 0 Å². The fourth-order valence-electron chi connectivity index (χ4n) is 2.64. The molecule has 1 aromatic rings. The smallest absolute Gasteiger partial charge is 0.324 e. The van der Waals surface area contributed by atoms with Gasteiger partial charge in [-0.15, -0.1) is 0 Å². The number of carboxylic acid groups (broad SMARTS) is 1. The third-order valence-electron chi connectivity index (χ3n) is 4.06. The Kier molecular flexibility index (Phi) is 4.14. The van der Waals surface area contributed by atoms with Gasteiger partial charge < -0.3 is 5.11 Å². The Balaban J connectivity index is 2.21. The molecule has 0 radical (unpaired) electrons. The van der Waals surface area contributed by atoms with Crippen molar-refractivity contribution >= 4 is 16.0 Å². The van der Waals surface area contributed by atoms with Crippen LogP contribution in [0.3, 0.4) is 0 Å². The van der Waals surface area contributed by atoms with Crippen molar-refractivity contribution in [1.82, 2.24) is 14.9 Å². The second-order valence-corrected chi connectivity index (χ2v) is 6.96. The molecule has 0 aliphatic heterocycles. The SMILES string of the molecule is CCC1CCC(NS(=O)(=O)c2cn[nH]c2)(C(=O)O)CC1. The zero-order chi connectivity index (χ0) is 14.8.